The second-order valence-electron chi connectivity index (χ2n) is 4.08. The van der Waals surface area contributed by atoms with E-state index < -0.39 is 27.8 Å². The van der Waals surface area contributed by atoms with Crippen molar-refractivity contribution in [3.63, 3.8) is 0 Å². The van der Waals surface area contributed by atoms with Gasteiger partial charge in [0, 0.05) is 12.4 Å². The predicted molar refractivity (Wildman–Crippen MR) is 67.1 cm³/mol. The zero-order valence-corrected chi connectivity index (χ0v) is 11.3. The number of aliphatic carboxylic acids is 1. The molecule has 0 aromatic carbocycles. The summed E-state index contributed by atoms with van der Waals surface area (Å²) in [7, 11) is 0. The van der Waals surface area contributed by atoms with E-state index in [1.807, 2.05) is 0 Å². The number of rotatable bonds is 8. The van der Waals surface area contributed by atoms with Crippen LogP contribution in [0.5, 0.6) is 0 Å². The normalized spacial score (nSPS) is 17.3. The number of nitrogens with zero attached hydrogens (tertiary/aromatic N) is 3. The molecular weight excluding hydrogens is 288 g/mol. The molecule has 0 bridgehead atoms. The van der Waals surface area contributed by atoms with Crippen LogP contribution in [0.3, 0.4) is 0 Å². The maximum Gasteiger partial charge on any atom is 0.327 e. The molecule has 1 aromatic rings. The number of nitrogens with one attached hydrogen (secondary N) is 1. The number of carboxylic acids is 1. The minimum Gasteiger partial charge on any atom is -0.772 e. The fourth-order valence-corrected chi connectivity index (χ4v) is 2.18. The van der Waals surface area contributed by atoms with E-state index in [1.165, 1.54) is 24.0 Å². The van der Waals surface area contributed by atoms with Crippen molar-refractivity contribution in [1.82, 2.24) is 20.3 Å². The third-order valence-electron chi connectivity index (χ3n) is 2.62. The molecule has 0 aliphatic rings. The molecule has 10 heteroatoms. The first-order valence-electron chi connectivity index (χ1n) is 5.44. The van der Waals surface area contributed by atoms with E-state index in [0.717, 1.165) is 12.3 Å². The highest BCUT2D eigenvalue weighted by atomic mass is 32.2. The van der Waals surface area contributed by atoms with Crippen molar-refractivity contribution in [2.75, 3.05) is 0 Å². The Morgan fingerprint density at radius 2 is 2.40 bits per heavy atom. The molecule has 1 heterocycles. The Hall–Kier alpha value is -2.07. The van der Waals surface area contributed by atoms with E-state index in [0.29, 0.717) is 6.29 Å². The molecule has 1 rings (SSSR count). The first kappa shape index (κ1) is 16.0. The number of hydrogen-bond donors (Lipinski definition) is 2. The van der Waals surface area contributed by atoms with Crippen molar-refractivity contribution in [3.8, 4) is 0 Å². The van der Waals surface area contributed by atoms with Gasteiger partial charge in [0.25, 0.3) is 0 Å². The number of aldehydes is 1. The van der Waals surface area contributed by atoms with Gasteiger partial charge in [-0.15, -0.1) is 5.10 Å². The lowest BCUT2D eigenvalue weighted by Gasteiger charge is -2.36. The van der Waals surface area contributed by atoms with Gasteiger partial charge in [-0.2, -0.15) is 0 Å². The van der Waals surface area contributed by atoms with Gasteiger partial charge in [0.05, 0.1) is 17.5 Å². The van der Waals surface area contributed by atoms with Gasteiger partial charge in [-0.25, -0.2) is 4.79 Å². The fourth-order valence-electron chi connectivity index (χ4n) is 1.58. The Balaban J connectivity index is 3.05. The van der Waals surface area contributed by atoms with Gasteiger partial charge < -0.3 is 15.0 Å². The molecule has 0 radical (unpaired) electrons. The highest BCUT2D eigenvalue weighted by molar-refractivity contribution is 7.80. The van der Waals surface area contributed by atoms with Crippen LogP contribution < -0.4 is 5.32 Å². The summed E-state index contributed by atoms with van der Waals surface area (Å²) in [6.45, 7) is 1.06. The van der Waals surface area contributed by atoms with E-state index in [4.69, 9.17) is 0 Å². The molecule has 0 fully saturated rings. The van der Waals surface area contributed by atoms with Gasteiger partial charge in [-0.3, -0.25) is 13.7 Å². The van der Waals surface area contributed by atoms with Crippen LogP contribution >= 0.6 is 0 Å². The molecule has 0 saturated carbocycles. The van der Waals surface area contributed by atoms with Crippen LogP contribution in [0.25, 0.3) is 0 Å². The lowest BCUT2D eigenvalue weighted by atomic mass is 10.0. The first-order valence-corrected chi connectivity index (χ1v) is 6.52. The second-order valence-corrected chi connectivity index (χ2v) is 5.48. The predicted octanol–water partition coefficient (Wildman–Crippen LogP) is -1.33. The monoisotopic (exact) mass is 301 g/mol. The standard InChI is InChI=1S/C10H14N4O5S/c1-10(20(18)19,7-14-5-4-12-13-14)8(9(16)17)11-3-2-6-15/h2-6,8,11H,7H2,1H3,(H,16,17)(H,18,19)/p-1/b3-2+/t8-,10-/m0/s1. The van der Waals surface area contributed by atoms with Gasteiger partial charge in [0.2, 0.25) is 0 Å². The second kappa shape index (κ2) is 6.91. The minimum absolute atomic E-state index is 0.206. The average Bonchev–Trinajstić information content (AvgIpc) is 2.86. The number of hydrogen-bond acceptors (Lipinski definition) is 7. The molecule has 0 amide bonds. The van der Waals surface area contributed by atoms with Gasteiger partial charge in [0.15, 0.2) is 0 Å². The summed E-state index contributed by atoms with van der Waals surface area (Å²) in [5.74, 6) is -1.37. The van der Waals surface area contributed by atoms with Crippen LogP contribution in [-0.4, -0.2) is 51.9 Å². The molecule has 9 nitrogen and oxygen atoms in total. The topological polar surface area (TPSA) is 137 Å². The van der Waals surface area contributed by atoms with Gasteiger partial charge in [-0.05, 0) is 24.1 Å². The number of carbonyl (C=O) groups is 2. The van der Waals surface area contributed by atoms with Crippen LogP contribution in [-0.2, 0) is 27.2 Å². The summed E-state index contributed by atoms with van der Waals surface area (Å²) in [6, 6.07) is -1.46. The molecule has 0 spiro atoms. The SMILES string of the molecule is C[C@](Cn1ccnn1)([C@@H](N/C=C/C=O)C(=O)O)S(=O)[O-]. The van der Waals surface area contributed by atoms with Crippen LogP contribution in [0, 0.1) is 0 Å². The molecule has 0 aliphatic heterocycles. The van der Waals surface area contributed by atoms with E-state index >= 15 is 0 Å². The molecule has 0 aliphatic carbocycles. The maximum absolute atomic E-state index is 11.5. The lowest BCUT2D eigenvalue weighted by molar-refractivity contribution is -0.140. The lowest BCUT2D eigenvalue weighted by Crippen LogP contribution is -2.56. The molecule has 1 unspecified atom stereocenters. The third kappa shape index (κ3) is 3.71. The van der Waals surface area contributed by atoms with Gasteiger partial charge in [-0.1, -0.05) is 5.21 Å². The van der Waals surface area contributed by atoms with Crippen molar-refractivity contribution >= 4 is 23.3 Å². The summed E-state index contributed by atoms with van der Waals surface area (Å²) in [6.07, 6.45) is 5.32. The summed E-state index contributed by atoms with van der Waals surface area (Å²) in [4.78, 5) is 21.4. The number of allylic oxidation sites excluding steroid dienone is 1. The highest BCUT2D eigenvalue weighted by Gasteiger charge is 2.41. The maximum atomic E-state index is 11.5. The molecule has 0 saturated heterocycles. The molecule has 110 valence electrons. The van der Waals surface area contributed by atoms with E-state index in [-0.39, 0.29) is 6.54 Å². The quantitative estimate of drug-likeness (QED) is 0.342. The van der Waals surface area contributed by atoms with Crippen molar-refractivity contribution < 1.29 is 23.5 Å². The first-order chi connectivity index (χ1) is 9.41. The summed E-state index contributed by atoms with van der Waals surface area (Å²) in [5, 5.41) is 18.7. The van der Waals surface area contributed by atoms with Crippen molar-refractivity contribution in [1.29, 1.82) is 0 Å². The number of carboxylic acid groups (broad SMARTS) is 1. The largest absolute Gasteiger partial charge is 0.772 e. The van der Waals surface area contributed by atoms with E-state index in [1.54, 1.807) is 0 Å². The smallest absolute Gasteiger partial charge is 0.327 e. The van der Waals surface area contributed by atoms with Crippen LogP contribution in [0.1, 0.15) is 6.92 Å². The molecular formula is C10H13N4O5S-. The summed E-state index contributed by atoms with van der Waals surface area (Å²) < 4.78 is 22.5. The zero-order valence-electron chi connectivity index (χ0n) is 10.5. The van der Waals surface area contributed by atoms with Crippen molar-refractivity contribution in [2.45, 2.75) is 24.3 Å². The van der Waals surface area contributed by atoms with Crippen LogP contribution in [0.4, 0.5) is 0 Å². The van der Waals surface area contributed by atoms with Crippen LogP contribution in [0.15, 0.2) is 24.7 Å². The van der Waals surface area contributed by atoms with Crippen molar-refractivity contribution in [2.24, 2.45) is 0 Å². The van der Waals surface area contributed by atoms with E-state index in [9.17, 15) is 23.5 Å². The summed E-state index contributed by atoms with van der Waals surface area (Å²) >= 11 is -2.71. The summed E-state index contributed by atoms with van der Waals surface area (Å²) in [5.41, 5.74) is 0. The minimum atomic E-state index is -2.71. The highest BCUT2D eigenvalue weighted by Crippen LogP contribution is 2.20. The average molecular weight is 301 g/mol. The Morgan fingerprint density at radius 1 is 1.70 bits per heavy atom. The number of carbonyl (C=O) groups excluding carboxylic acids is 1. The fraction of sp³-hybridized carbons (Fsp3) is 0.400. The molecule has 20 heavy (non-hydrogen) atoms. The molecule has 3 atom stereocenters. The van der Waals surface area contributed by atoms with Gasteiger partial charge >= 0.3 is 5.97 Å². The van der Waals surface area contributed by atoms with Gasteiger partial charge in [0.1, 0.15) is 12.3 Å². The Bertz CT molecular complexity index is 518. The van der Waals surface area contributed by atoms with Crippen LogP contribution in [0.2, 0.25) is 0 Å². The van der Waals surface area contributed by atoms with E-state index in [2.05, 4.69) is 15.6 Å². The Kier molecular flexibility index (Phi) is 5.53. The Labute approximate surface area is 117 Å². The zero-order chi connectivity index (χ0) is 15.2. The Morgan fingerprint density at radius 3 is 2.85 bits per heavy atom. The third-order valence-corrected chi connectivity index (χ3v) is 3.75. The van der Waals surface area contributed by atoms with Crippen molar-refractivity contribution in [3.05, 3.63) is 24.7 Å². The molecule has 2 N–H and O–H groups in total. The number of aromatic nitrogens is 3. The molecule has 1 aromatic heterocycles.